The van der Waals surface area contributed by atoms with Gasteiger partial charge in [-0.3, -0.25) is 9.59 Å². The monoisotopic (exact) mass is 282 g/mol. The molecule has 110 valence electrons. The van der Waals surface area contributed by atoms with E-state index in [1.807, 2.05) is 0 Å². The molecule has 4 N–H and O–H groups in total. The number of hydrogen-bond acceptors (Lipinski definition) is 5. The van der Waals surface area contributed by atoms with Gasteiger partial charge in [-0.05, 0) is 0 Å². The molecule has 20 heavy (non-hydrogen) atoms. The first-order valence-corrected chi connectivity index (χ1v) is 6.02. The van der Waals surface area contributed by atoms with Crippen molar-refractivity contribution in [2.45, 2.75) is 6.42 Å². The number of nitrogens with one attached hydrogen (secondary N) is 1. The molecule has 0 saturated carbocycles. The predicted molar refractivity (Wildman–Crippen MR) is 72.9 cm³/mol. The molecule has 1 heterocycles. The van der Waals surface area contributed by atoms with Crippen LogP contribution in [-0.4, -0.2) is 53.6 Å². The maximum atomic E-state index is 12.3. The summed E-state index contributed by atoms with van der Waals surface area (Å²) in [5.74, 6) is -0.406. The van der Waals surface area contributed by atoms with Crippen LogP contribution >= 0.6 is 0 Å². The Balaban J connectivity index is 2.84. The maximum absolute atomic E-state index is 12.3. The van der Waals surface area contributed by atoms with Gasteiger partial charge in [0.25, 0.3) is 5.91 Å². The van der Waals surface area contributed by atoms with Gasteiger partial charge in [0.05, 0.1) is 6.61 Å². The minimum absolute atomic E-state index is 0.0159. The van der Waals surface area contributed by atoms with E-state index in [0.717, 1.165) is 0 Å². The fourth-order valence-electron chi connectivity index (χ4n) is 1.57. The molecule has 0 aliphatic heterocycles. The molecule has 0 aliphatic rings. The zero-order chi connectivity index (χ0) is 15.0. The number of nitrogens with two attached hydrogens (primary N) is 1. The number of rotatable bonds is 7. The summed E-state index contributed by atoms with van der Waals surface area (Å²) >= 11 is 0. The van der Waals surface area contributed by atoms with E-state index in [1.54, 1.807) is 0 Å². The average molecular weight is 282 g/mol. The minimum atomic E-state index is -0.422. The highest BCUT2D eigenvalue weighted by molar-refractivity contribution is 5.94. The number of carbonyl (C=O) groups excluding carboxylic acids is 1. The average Bonchev–Trinajstić information content (AvgIpc) is 2.47. The number of oxime groups is 1. The molecule has 1 amide bonds. The SMILES string of the molecule is COCCN(CC/C(N)=N/O)C(=O)c1c[nH]ccc1=O. The Morgan fingerprint density at radius 2 is 2.30 bits per heavy atom. The number of hydrogen-bond donors (Lipinski definition) is 3. The number of ether oxygens (including phenoxy) is 1. The van der Waals surface area contributed by atoms with Crippen LogP contribution in [0.3, 0.4) is 0 Å². The van der Waals surface area contributed by atoms with E-state index in [0.29, 0.717) is 13.2 Å². The number of H-pyrrole nitrogens is 1. The Hall–Kier alpha value is -2.35. The Morgan fingerprint density at radius 1 is 1.55 bits per heavy atom. The van der Waals surface area contributed by atoms with E-state index in [-0.39, 0.29) is 29.8 Å². The second-order valence-electron chi connectivity index (χ2n) is 4.05. The lowest BCUT2D eigenvalue weighted by molar-refractivity contribution is 0.0699. The summed E-state index contributed by atoms with van der Waals surface area (Å²) in [6.07, 6.45) is 3.01. The van der Waals surface area contributed by atoms with Crippen LogP contribution in [0.25, 0.3) is 0 Å². The third-order valence-electron chi connectivity index (χ3n) is 2.67. The Kier molecular flexibility index (Phi) is 6.24. The molecule has 0 saturated heterocycles. The molecule has 0 bridgehead atoms. The largest absolute Gasteiger partial charge is 0.409 e. The first-order chi connectivity index (χ1) is 9.60. The lowest BCUT2D eigenvalue weighted by Gasteiger charge is -2.21. The molecule has 1 rings (SSSR count). The quantitative estimate of drug-likeness (QED) is 0.272. The Morgan fingerprint density at radius 3 is 2.90 bits per heavy atom. The molecule has 0 unspecified atom stereocenters. The van der Waals surface area contributed by atoms with Crippen LogP contribution in [-0.2, 0) is 4.74 Å². The van der Waals surface area contributed by atoms with E-state index in [1.165, 1.54) is 30.5 Å². The molecule has 8 heteroatoms. The summed E-state index contributed by atoms with van der Waals surface area (Å²) < 4.78 is 4.93. The van der Waals surface area contributed by atoms with Gasteiger partial charge in [0.2, 0.25) is 0 Å². The predicted octanol–water partition coefficient (Wildman–Crippen LogP) is -0.400. The minimum Gasteiger partial charge on any atom is -0.409 e. The lowest BCUT2D eigenvalue weighted by Crippen LogP contribution is -2.38. The molecular weight excluding hydrogens is 264 g/mol. The Labute approximate surface area is 115 Å². The summed E-state index contributed by atoms with van der Waals surface area (Å²) in [6, 6.07) is 1.28. The lowest BCUT2D eigenvalue weighted by atomic mass is 10.2. The smallest absolute Gasteiger partial charge is 0.259 e. The molecular formula is C12H18N4O4. The first kappa shape index (κ1) is 15.7. The van der Waals surface area contributed by atoms with Crippen molar-refractivity contribution < 1.29 is 14.7 Å². The molecule has 1 aromatic rings. The van der Waals surface area contributed by atoms with Gasteiger partial charge in [0.1, 0.15) is 11.4 Å². The third kappa shape index (κ3) is 4.39. The number of carbonyl (C=O) groups is 1. The van der Waals surface area contributed by atoms with Crippen molar-refractivity contribution in [3.63, 3.8) is 0 Å². The summed E-state index contributed by atoms with van der Waals surface area (Å²) in [6.45, 7) is 0.863. The van der Waals surface area contributed by atoms with Crippen LogP contribution in [0.4, 0.5) is 0 Å². The molecule has 8 nitrogen and oxygen atoms in total. The second-order valence-corrected chi connectivity index (χ2v) is 4.05. The molecule has 0 radical (unpaired) electrons. The highest BCUT2D eigenvalue weighted by Crippen LogP contribution is 2.01. The van der Waals surface area contributed by atoms with Crippen LogP contribution in [0.5, 0.6) is 0 Å². The molecule has 1 aromatic heterocycles. The summed E-state index contributed by atoms with van der Waals surface area (Å²) in [5.41, 5.74) is 5.06. The van der Waals surface area contributed by atoms with Gasteiger partial charge in [0, 0.05) is 45.1 Å². The van der Waals surface area contributed by atoms with E-state index in [2.05, 4.69) is 10.1 Å². The maximum Gasteiger partial charge on any atom is 0.259 e. The van der Waals surface area contributed by atoms with E-state index < -0.39 is 5.91 Å². The van der Waals surface area contributed by atoms with Crippen molar-refractivity contribution >= 4 is 11.7 Å². The molecule has 0 atom stereocenters. The number of amidine groups is 1. The number of amides is 1. The topological polar surface area (TPSA) is 121 Å². The van der Waals surface area contributed by atoms with Crippen molar-refractivity contribution in [3.05, 3.63) is 34.2 Å². The standard InChI is InChI=1S/C12H18N4O4/c1-20-7-6-16(5-3-11(13)15-19)12(18)9-8-14-4-2-10(9)17/h2,4,8,19H,3,5-7H2,1H3,(H2,13,15)(H,14,17). The van der Waals surface area contributed by atoms with Crippen molar-refractivity contribution in [2.75, 3.05) is 26.8 Å². The van der Waals surface area contributed by atoms with E-state index in [4.69, 9.17) is 15.7 Å². The third-order valence-corrected chi connectivity index (χ3v) is 2.67. The van der Waals surface area contributed by atoms with E-state index in [9.17, 15) is 9.59 Å². The Bertz CT molecular complexity index is 526. The molecule has 0 aliphatic carbocycles. The normalized spacial score (nSPS) is 11.3. The number of aromatic nitrogens is 1. The van der Waals surface area contributed by atoms with Gasteiger partial charge in [-0.25, -0.2) is 0 Å². The zero-order valence-electron chi connectivity index (χ0n) is 11.2. The van der Waals surface area contributed by atoms with Crippen LogP contribution in [0, 0.1) is 0 Å². The summed E-state index contributed by atoms with van der Waals surface area (Å²) in [5, 5.41) is 11.4. The zero-order valence-corrected chi connectivity index (χ0v) is 11.2. The fourth-order valence-corrected chi connectivity index (χ4v) is 1.57. The summed E-state index contributed by atoms with van der Waals surface area (Å²) in [4.78, 5) is 28.1. The summed E-state index contributed by atoms with van der Waals surface area (Å²) in [7, 11) is 1.52. The van der Waals surface area contributed by atoms with Crippen LogP contribution < -0.4 is 11.2 Å². The van der Waals surface area contributed by atoms with Crippen molar-refractivity contribution in [2.24, 2.45) is 10.9 Å². The highest BCUT2D eigenvalue weighted by Gasteiger charge is 2.18. The van der Waals surface area contributed by atoms with Gasteiger partial charge in [-0.15, -0.1) is 0 Å². The van der Waals surface area contributed by atoms with Crippen LogP contribution in [0.1, 0.15) is 16.8 Å². The van der Waals surface area contributed by atoms with Gasteiger partial charge in [-0.2, -0.15) is 0 Å². The molecule has 0 fully saturated rings. The number of pyridine rings is 1. The van der Waals surface area contributed by atoms with Crippen molar-refractivity contribution in [3.8, 4) is 0 Å². The number of nitrogens with zero attached hydrogens (tertiary/aromatic N) is 2. The fraction of sp³-hybridized carbons (Fsp3) is 0.417. The highest BCUT2D eigenvalue weighted by atomic mass is 16.5. The van der Waals surface area contributed by atoms with Crippen LogP contribution in [0.15, 0.2) is 28.4 Å². The van der Waals surface area contributed by atoms with Gasteiger partial charge in [0.15, 0.2) is 5.43 Å². The van der Waals surface area contributed by atoms with Crippen molar-refractivity contribution in [1.82, 2.24) is 9.88 Å². The van der Waals surface area contributed by atoms with Gasteiger partial charge >= 0.3 is 0 Å². The second kappa shape index (κ2) is 7.95. The molecule has 0 spiro atoms. The number of aromatic amines is 1. The van der Waals surface area contributed by atoms with Gasteiger partial charge in [-0.1, -0.05) is 5.16 Å². The first-order valence-electron chi connectivity index (χ1n) is 6.02. The van der Waals surface area contributed by atoms with E-state index >= 15 is 0 Å². The van der Waals surface area contributed by atoms with Crippen molar-refractivity contribution in [1.29, 1.82) is 0 Å². The molecule has 0 aromatic carbocycles. The van der Waals surface area contributed by atoms with Gasteiger partial charge < -0.3 is 25.6 Å². The number of methoxy groups -OCH3 is 1. The van der Waals surface area contributed by atoms with Crippen LogP contribution in [0.2, 0.25) is 0 Å².